The van der Waals surface area contributed by atoms with Crippen molar-refractivity contribution in [2.75, 3.05) is 26.2 Å². The van der Waals surface area contributed by atoms with Crippen LogP contribution in [0.5, 0.6) is 0 Å². The predicted molar refractivity (Wildman–Crippen MR) is 134 cm³/mol. The fourth-order valence-corrected chi connectivity index (χ4v) is 3.52. The summed E-state index contributed by atoms with van der Waals surface area (Å²) in [5, 5.41) is 2.91. The lowest BCUT2D eigenvalue weighted by Crippen LogP contribution is -2.35. The van der Waals surface area contributed by atoms with Gasteiger partial charge in [0, 0.05) is 22.9 Å². The molecular weight excluding hydrogens is 555 g/mol. The molecule has 10 heteroatoms. The summed E-state index contributed by atoms with van der Waals surface area (Å²) in [6.45, 7) is 5.12. The average molecular weight is 580 g/mol. The van der Waals surface area contributed by atoms with Gasteiger partial charge in [-0.3, -0.25) is 9.78 Å². The van der Waals surface area contributed by atoms with Gasteiger partial charge in [0.15, 0.2) is 0 Å². The number of nitrogens with one attached hydrogen (secondary N) is 1. The molecule has 0 aliphatic carbocycles. The number of carbonyl (C=O) groups is 1. The number of amides is 1. The highest BCUT2D eigenvalue weighted by molar-refractivity contribution is 14.1. The Kier molecular flexibility index (Phi) is 12.1. The summed E-state index contributed by atoms with van der Waals surface area (Å²) in [6, 6.07) is 9.06. The molecular formula is C21H25Cl2FIN5O. The average Bonchev–Trinajstić information content (AvgIpc) is 2.72. The maximum atomic E-state index is 13.1. The van der Waals surface area contributed by atoms with Gasteiger partial charge in [-0.25, -0.2) is 9.97 Å². The van der Waals surface area contributed by atoms with E-state index in [9.17, 15) is 9.18 Å². The molecule has 0 spiro atoms. The molecule has 1 N–H and O–H groups in total. The van der Waals surface area contributed by atoms with Gasteiger partial charge in [-0.2, -0.15) is 4.39 Å². The summed E-state index contributed by atoms with van der Waals surface area (Å²) >= 11 is 2.22. The second-order valence-corrected chi connectivity index (χ2v) is 7.91. The van der Waals surface area contributed by atoms with Crippen LogP contribution in [0.1, 0.15) is 29.4 Å². The number of fused-ring (bicyclic) bond motifs is 1. The van der Waals surface area contributed by atoms with Gasteiger partial charge in [0.05, 0.1) is 17.2 Å². The van der Waals surface area contributed by atoms with Crippen molar-refractivity contribution < 1.29 is 9.18 Å². The van der Waals surface area contributed by atoms with Crippen molar-refractivity contribution in [3.05, 3.63) is 63.5 Å². The molecule has 0 radical (unpaired) electrons. The van der Waals surface area contributed by atoms with Gasteiger partial charge in [-0.1, -0.05) is 6.92 Å². The monoisotopic (exact) mass is 579 g/mol. The van der Waals surface area contributed by atoms with E-state index in [0.717, 1.165) is 47.1 Å². The van der Waals surface area contributed by atoms with Crippen molar-refractivity contribution in [3.63, 3.8) is 0 Å². The Morgan fingerprint density at radius 2 is 1.94 bits per heavy atom. The van der Waals surface area contributed by atoms with Crippen LogP contribution in [0.25, 0.3) is 11.0 Å². The van der Waals surface area contributed by atoms with E-state index in [4.69, 9.17) is 0 Å². The zero-order valence-corrected chi connectivity index (χ0v) is 20.8. The summed E-state index contributed by atoms with van der Waals surface area (Å²) in [5.74, 6) is -0.662. The van der Waals surface area contributed by atoms with Crippen LogP contribution in [0.4, 0.5) is 4.39 Å². The maximum Gasteiger partial charge on any atom is 0.271 e. The Morgan fingerprint density at radius 1 is 1.13 bits per heavy atom. The lowest BCUT2D eigenvalue weighted by molar-refractivity contribution is 0.0943. The first-order chi connectivity index (χ1) is 14.0. The molecule has 2 heterocycles. The molecule has 6 nitrogen and oxygen atoms in total. The van der Waals surface area contributed by atoms with Gasteiger partial charge < -0.3 is 10.2 Å². The Hall–Kier alpha value is -1.62. The van der Waals surface area contributed by atoms with E-state index in [-0.39, 0.29) is 30.7 Å². The zero-order chi connectivity index (χ0) is 20.6. The van der Waals surface area contributed by atoms with Crippen LogP contribution in [-0.2, 0) is 6.42 Å². The van der Waals surface area contributed by atoms with Gasteiger partial charge in [0.1, 0.15) is 5.69 Å². The molecule has 0 aliphatic heterocycles. The van der Waals surface area contributed by atoms with Gasteiger partial charge in [0.2, 0.25) is 5.95 Å². The predicted octanol–water partition coefficient (Wildman–Crippen LogP) is 4.30. The minimum atomic E-state index is -0.441. The number of aryl methyl sites for hydroxylation is 1. The van der Waals surface area contributed by atoms with Crippen LogP contribution >= 0.6 is 47.4 Å². The first kappa shape index (κ1) is 27.4. The molecule has 0 atom stereocenters. The van der Waals surface area contributed by atoms with E-state index < -0.39 is 5.95 Å². The summed E-state index contributed by atoms with van der Waals surface area (Å²) in [6.07, 6.45) is 4.72. The molecule has 31 heavy (non-hydrogen) atoms. The third kappa shape index (κ3) is 8.44. The van der Waals surface area contributed by atoms with Gasteiger partial charge >= 0.3 is 0 Å². The highest BCUT2D eigenvalue weighted by Gasteiger charge is 2.10. The van der Waals surface area contributed by atoms with Gasteiger partial charge in [-0.05, 0) is 84.4 Å². The summed E-state index contributed by atoms with van der Waals surface area (Å²) in [5.41, 5.74) is 2.76. The fourth-order valence-electron chi connectivity index (χ4n) is 3.04. The highest BCUT2D eigenvalue weighted by atomic mass is 127. The number of hydrogen-bond donors (Lipinski definition) is 1. The highest BCUT2D eigenvalue weighted by Crippen LogP contribution is 2.13. The Labute approximate surface area is 207 Å². The molecule has 0 unspecified atom stereocenters. The van der Waals surface area contributed by atoms with E-state index in [1.54, 1.807) is 0 Å². The second-order valence-electron chi connectivity index (χ2n) is 6.67. The number of carbonyl (C=O) groups excluding carboxylic acids is 1. The number of benzene rings is 1. The number of rotatable bonds is 9. The number of hydrogen-bond acceptors (Lipinski definition) is 5. The smallest absolute Gasteiger partial charge is 0.271 e. The SMILES string of the molecule is CCN(CCCc1ccnc(F)c1)CCNC(=O)c1cnc2cc(I)ccc2n1.Cl.Cl. The number of pyridine rings is 1. The molecule has 3 rings (SSSR count). The van der Waals surface area contributed by atoms with Crippen LogP contribution in [-0.4, -0.2) is 51.9 Å². The van der Waals surface area contributed by atoms with Crippen molar-refractivity contribution in [2.24, 2.45) is 0 Å². The second kappa shape index (κ2) is 13.7. The summed E-state index contributed by atoms with van der Waals surface area (Å²) in [4.78, 5) is 26.9. The zero-order valence-electron chi connectivity index (χ0n) is 17.1. The largest absolute Gasteiger partial charge is 0.349 e. The molecule has 0 saturated carbocycles. The van der Waals surface area contributed by atoms with E-state index in [0.29, 0.717) is 17.8 Å². The molecule has 0 fully saturated rings. The number of likely N-dealkylation sites (N-methyl/N-ethyl adjacent to an activating group) is 1. The van der Waals surface area contributed by atoms with Gasteiger partial charge in [0.25, 0.3) is 5.91 Å². The van der Waals surface area contributed by atoms with Crippen molar-refractivity contribution in [1.29, 1.82) is 0 Å². The van der Waals surface area contributed by atoms with E-state index >= 15 is 0 Å². The fraction of sp³-hybridized carbons (Fsp3) is 0.333. The van der Waals surface area contributed by atoms with E-state index in [1.165, 1.54) is 18.5 Å². The molecule has 168 valence electrons. The Morgan fingerprint density at radius 3 is 2.68 bits per heavy atom. The van der Waals surface area contributed by atoms with Crippen LogP contribution in [0.15, 0.2) is 42.7 Å². The molecule has 2 aromatic heterocycles. The topological polar surface area (TPSA) is 71.0 Å². The molecule has 3 aromatic rings. The Balaban J connectivity index is 0.00000240. The maximum absolute atomic E-state index is 13.1. The minimum absolute atomic E-state index is 0. The Bertz CT molecular complexity index is 995. The number of halogens is 4. The van der Waals surface area contributed by atoms with E-state index in [2.05, 4.69) is 54.7 Å². The number of nitrogens with zero attached hydrogens (tertiary/aromatic N) is 4. The molecule has 1 amide bonds. The van der Waals surface area contributed by atoms with Crippen LogP contribution in [0, 0.1) is 9.52 Å². The number of aromatic nitrogens is 3. The third-order valence-corrected chi connectivity index (χ3v) is 5.30. The van der Waals surface area contributed by atoms with Gasteiger partial charge in [-0.15, -0.1) is 24.8 Å². The van der Waals surface area contributed by atoms with Crippen LogP contribution < -0.4 is 5.32 Å². The molecule has 0 bridgehead atoms. The van der Waals surface area contributed by atoms with Crippen molar-refractivity contribution >= 4 is 64.3 Å². The summed E-state index contributed by atoms with van der Waals surface area (Å²) in [7, 11) is 0. The van der Waals surface area contributed by atoms with Crippen LogP contribution in [0.2, 0.25) is 0 Å². The molecule has 1 aromatic carbocycles. The quantitative estimate of drug-likeness (QED) is 0.302. The normalized spacial score (nSPS) is 10.5. The van der Waals surface area contributed by atoms with Crippen molar-refractivity contribution in [3.8, 4) is 0 Å². The van der Waals surface area contributed by atoms with Crippen LogP contribution in [0.3, 0.4) is 0 Å². The lowest BCUT2D eigenvalue weighted by Gasteiger charge is -2.20. The third-order valence-electron chi connectivity index (χ3n) is 4.63. The lowest BCUT2D eigenvalue weighted by atomic mass is 10.1. The van der Waals surface area contributed by atoms with Crippen molar-refractivity contribution in [2.45, 2.75) is 19.8 Å². The minimum Gasteiger partial charge on any atom is -0.349 e. The van der Waals surface area contributed by atoms with Crippen molar-refractivity contribution in [1.82, 2.24) is 25.2 Å². The molecule has 0 aliphatic rings. The van der Waals surface area contributed by atoms with E-state index in [1.807, 2.05) is 24.3 Å². The summed E-state index contributed by atoms with van der Waals surface area (Å²) < 4.78 is 14.2. The first-order valence-electron chi connectivity index (χ1n) is 9.58. The standard InChI is InChI=1S/C21H23FIN5O.2ClH/c1-2-28(10-3-4-15-7-8-24-20(22)12-15)11-9-25-21(29)19-14-26-18-13-16(23)5-6-17(18)27-19;;/h5-8,12-14H,2-4,9-11H2,1H3,(H,25,29);2*1H. The first-order valence-corrected chi connectivity index (χ1v) is 10.7. The molecule has 0 saturated heterocycles.